The number of rotatable bonds is 6. The number of carboxylic acids is 1. The minimum Gasteiger partial charge on any atom is -0.478 e. The van der Waals surface area contributed by atoms with E-state index >= 15 is 0 Å². The number of hydrogen-bond donors (Lipinski definition) is 1. The van der Waals surface area contributed by atoms with E-state index in [1.54, 1.807) is 6.07 Å². The van der Waals surface area contributed by atoms with Gasteiger partial charge >= 0.3 is 5.97 Å². The van der Waals surface area contributed by atoms with Crippen molar-refractivity contribution < 1.29 is 19.0 Å². The summed E-state index contributed by atoms with van der Waals surface area (Å²) in [6.07, 6.45) is 4.86. The van der Waals surface area contributed by atoms with Crippen LogP contribution in [0.1, 0.15) is 41.6 Å². The van der Waals surface area contributed by atoms with Gasteiger partial charge in [0, 0.05) is 12.2 Å². The quantitative estimate of drug-likeness (QED) is 0.791. The maximum Gasteiger partial charge on any atom is 0.338 e. The van der Waals surface area contributed by atoms with Crippen molar-refractivity contribution in [2.45, 2.75) is 32.3 Å². The Morgan fingerprint density at radius 3 is 2.83 bits per heavy atom. The van der Waals surface area contributed by atoms with Crippen LogP contribution in [-0.2, 0) is 11.3 Å². The molecule has 0 heterocycles. The maximum absolute atomic E-state index is 13.7. The third-order valence-corrected chi connectivity index (χ3v) is 3.46. The third-order valence-electron chi connectivity index (χ3n) is 3.46. The van der Waals surface area contributed by atoms with Gasteiger partial charge in [0.2, 0.25) is 0 Å². The Kier molecular flexibility index (Phi) is 4.31. The van der Waals surface area contributed by atoms with Crippen LogP contribution < -0.4 is 0 Å². The zero-order valence-electron chi connectivity index (χ0n) is 10.2. The highest BCUT2D eigenvalue weighted by atomic mass is 19.1. The predicted molar refractivity (Wildman–Crippen MR) is 65.0 cm³/mol. The second-order valence-electron chi connectivity index (χ2n) is 4.72. The summed E-state index contributed by atoms with van der Waals surface area (Å²) in [7, 11) is 0. The summed E-state index contributed by atoms with van der Waals surface area (Å²) >= 11 is 0. The molecule has 0 amide bonds. The molecule has 0 atom stereocenters. The number of carbonyl (C=O) groups is 1. The molecule has 1 aliphatic carbocycles. The minimum absolute atomic E-state index is 0.139. The van der Waals surface area contributed by atoms with E-state index in [4.69, 9.17) is 9.84 Å². The van der Waals surface area contributed by atoms with Gasteiger partial charge in [-0.25, -0.2) is 9.18 Å². The van der Waals surface area contributed by atoms with E-state index in [9.17, 15) is 9.18 Å². The molecule has 0 radical (unpaired) electrons. The number of aromatic carboxylic acids is 1. The van der Waals surface area contributed by atoms with Crippen LogP contribution in [0.25, 0.3) is 0 Å². The van der Waals surface area contributed by atoms with Crippen LogP contribution in [0.3, 0.4) is 0 Å². The van der Waals surface area contributed by atoms with Crippen LogP contribution in [0, 0.1) is 11.7 Å². The molecule has 0 bridgehead atoms. The van der Waals surface area contributed by atoms with Crippen LogP contribution in [0.5, 0.6) is 0 Å². The highest BCUT2D eigenvalue weighted by Crippen LogP contribution is 2.29. The Balaban J connectivity index is 1.84. The molecule has 0 unspecified atom stereocenters. The third kappa shape index (κ3) is 3.07. The number of benzene rings is 1. The first-order valence-electron chi connectivity index (χ1n) is 6.27. The van der Waals surface area contributed by atoms with Crippen molar-refractivity contribution in [2.24, 2.45) is 5.92 Å². The molecule has 1 aliphatic rings. The lowest BCUT2D eigenvalue weighted by molar-refractivity contribution is 0.0689. The monoisotopic (exact) mass is 252 g/mol. The van der Waals surface area contributed by atoms with Gasteiger partial charge in [0.25, 0.3) is 0 Å². The maximum atomic E-state index is 13.7. The molecule has 0 saturated heterocycles. The molecule has 0 spiro atoms. The molecule has 0 aliphatic heterocycles. The van der Waals surface area contributed by atoms with Crippen molar-refractivity contribution in [1.29, 1.82) is 0 Å². The Labute approximate surface area is 106 Å². The second-order valence-corrected chi connectivity index (χ2v) is 4.72. The molecular weight excluding hydrogens is 235 g/mol. The van der Waals surface area contributed by atoms with E-state index in [-0.39, 0.29) is 12.2 Å². The summed E-state index contributed by atoms with van der Waals surface area (Å²) in [5.41, 5.74) is 0.0126. The van der Waals surface area contributed by atoms with Gasteiger partial charge < -0.3 is 9.84 Å². The Morgan fingerprint density at radius 1 is 1.44 bits per heavy atom. The fourth-order valence-electron chi connectivity index (χ4n) is 2.07. The van der Waals surface area contributed by atoms with Crippen molar-refractivity contribution >= 4 is 5.97 Å². The number of hydrogen-bond acceptors (Lipinski definition) is 2. The summed E-state index contributed by atoms with van der Waals surface area (Å²) in [4.78, 5) is 10.8. The smallest absolute Gasteiger partial charge is 0.338 e. The van der Waals surface area contributed by atoms with E-state index in [2.05, 4.69) is 0 Å². The molecule has 1 N–H and O–H groups in total. The average molecular weight is 252 g/mol. The normalized spacial score (nSPS) is 15.4. The van der Waals surface area contributed by atoms with Crippen LogP contribution in [0.2, 0.25) is 0 Å². The van der Waals surface area contributed by atoms with E-state index in [0.717, 1.165) is 12.3 Å². The lowest BCUT2D eigenvalue weighted by Crippen LogP contribution is -2.13. The zero-order chi connectivity index (χ0) is 13.0. The van der Waals surface area contributed by atoms with Crippen LogP contribution in [0.15, 0.2) is 18.2 Å². The SMILES string of the molecule is O=C(O)c1cccc(COCCC2CCC2)c1F. The van der Waals surface area contributed by atoms with E-state index in [0.29, 0.717) is 12.2 Å². The predicted octanol–water partition coefficient (Wildman–Crippen LogP) is 3.23. The van der Waals surface area contributed by atoms with Crippen molar-refractivity contribution in [1.82, 2.24) is 0 Å². The number of carboxylic acid groups (broad SMARTS) is 1. The highest BCUT2D eigenvalue weighted by Gasteiger charge is 2.17. The van der Waals surface area contributed by atoms with E-state index in [1.165, 1.54) is 31.4 Å². The summed E-state index contributed by atoms with van der Waals surface area (Å²) in [5.74, 6) is -1.17. The van der Waals surface area contributed by atoms with E-state index in [1.807, 2.05) is 0 Å². The van der Waals surface area contributed by atoms with E-state index < -0.39 is 11.8 Å². The van der Waals surface area contributed by atoms with Crippen LogP contribution in [0.4, 0.5) is 4.39 Å². The standard InChI is InChI=1S/C14H17FO3/c15-13-11(5-2-6-12(13)14(16)17)9-18-8-7-10-3-1-4-10/h2,5-6,10H,1,3-4,7-9H2,(H,16,17). The Bertz CT molecular complexity index is 427. The number of halogens is 1. The largest absolute Gasteiger partial charge is 0.478 e. The second kappa shape index (κ2) is 5.96. The van der Waals surface area contributed by atoms with Crippen LogP contribution in [-0.4, -0.2) is 17.7 Å². The first-order chi connectivity index (χ1) is 8.68. The highest BCUT2D eigenvalue weighted by molar-refractivity contribution is 5.88. The lowest BCUT2D eigenvalue weighted by Gasteiger charge is -2.24. The van der Waals surface area contributed by atoms with Gasteiger partial charge in [-0.3, -0.25) is 0 Å². The van der Waals surface area contributed by atoms with Crippen molar-refractivity contribution in [3.8, 4) is 0 Å². The fraction of sp³-hybridized carbons (Fsp3) is 0.500. The summed E-state index contributed by atoms with van der Waals surface area (Å²) in [6.45, 7) is 0.751. The molecule has 98 valence electrons. The summed E-state index contributed by atoms with van der Waals surface area (Å²) < 4.78 is 19.1. The molecule has 1 aromatic carbocycles. The minimum atomic E-state index is -1.25. The van der Waals surface area contributed by atoms with Crippen molar-refractivity contribution in [3.05, 3.63) is 35.1 Å². The fourth-order valence-corrected chi connectivity index (χ4v) is 2.07. The molecule has 1 saturated carbocycles. The van der Waals surface area contributed by atoms with Gasteiger partial charge in [-0.2, -0.15) is 0 Å². The molecule has 1 fully saturated rings. The summed E-state index contributed by atoms with van der Waals surface area (Å²) in [6, 6.07) is 4.36. The van der Waals surface area contributed by atoms with Gasteiger partial charge in [0.15, 0.2) is 0 Å². The van der Waals surface area contributed by atoms with Gasteiger partial charge in [-0.1, -0.05) is 31.4 Å². The average Bonchev–Trinajstić information content (AvgIpc) is 2.28. The Morgan fingerprint density at radius 2 is 2.22 bits per heavy atom. The molecule has 1 aromatic rings. The van der Waals surface area contributed by atoms with Gasteiger partial charge in [-0.15, -0.1) is 0 Å². The topological polar surface area (TPSA) is 46.5 Å². The molecule has 0 aromatic heterocycles. The summed E-state index contributed by atoms with van der Waals surface area (Å²) in [5, 5.41) is 8.79. The molecule has 2 rings (SSSR count). The number of ether oxygens (including phenoxy) is 1. The van der Waals surface area contributed by atoms with Crippen molar-refractivity contribution in [2.75, 3.05) is 6.61 Å². The lowest BCUT2D eigenvalue weighted by atomic mass is 9.83. The first-order valence-corrected chi connectivity index (χ1v) is 6.27. The van der Waals surface area contributed by atoms with Gasteiger partial charge in [-0.05, 0) is 18.4 Å². The zero-order valence-corrected chi connectivity index (χ0v) is 10.2. The van der Waals surface area contributed by atoms with Crippen molar-refractivity contribution in [3.63, 3.8) is 0 Å². The Hall–Kier alpha value is -1.42. The van der Waals surface area contributed by atoms with Gasteiger partial charge in [0.1, 0.15) is 5.82 Å². The van der Waals surface area contributed by atoms with Gasteiger partial charge in [0.05, 0.1) is 12.2 Å². The molecule has 4 heteroatoms. The first kappa shape index (κ1) is 13.0. The molecule has 3 nitrogen and oxygen atoms in total. The molecular formula is C14H17FO3. The van der Waals surface area contributed by atoms with Crippen LogP contribution >= 0.6 is 0 Å². The molecule has 18 heavy (non-hydrogen) atoms.